The molecule has 0 saturated carbocycles. The van der Waals surface area contributed by atoms with E-state index < -0.39 is 74.5 Å². The summed E-state index contributed by atoms with van der Waals surface area (Å²) in [6.07, 6.45) is -3.85. The van der Waals surface area contributed by atoms with Crippen LogP contribution in [-0.4, -0.2) is 6.15 Å². The minimum Gasteiger partial charge on any atom is -0.207 e. The maximum Gasteiger partial charge on any atom is 1.00 e. The largest absolute Gasteiger partial charge is 1.00 e. The molecule has 0 aliphatic heterocycles. The molecule has 0 unspecified atom stereocenters. The average molecular weight is 470 g/mol. The second kappa shape index (κ2) is 9.69. The van der Waals surface area contributed by atoms with E-state index in [1.807, 2.05) is 0 Å². The standard InChI is InChI=1S/C24H12BF8.Li/c26-17-9-1-5-13(21(17)30)25(14-6-2-10-18(27)22(14)31,15-7-3-11-19(28)23(15)32)16-8-4-12-20(29)24(16)33;/h1-12H;/q-1;+1. The molecule has 0 atom stereocenters. The van der Waals surface area contributed by atoms with Gasteiger partial charge in [-0.1, -0.05) is 48.5 Å². The van der Waals surface area contributed by atoms with Gasteiger partial charge >= 0.3 is 18.9 Å². The van der Waals surface area contributed by atoms with Crippen LogP contribution >= 0.6 is 0 Å². The Labute approximate surface area is 201 Å². The second-order valence-corrected chi connectivity index (χ2v) is 7.44. The van der Waals surface area contributed by atoms with E-state index in [0.29, 0.717) is 24.3 Å². The molecule has 10 heteroatoms. The van der Waals surface area contributed by atoms with Crippen molar-refractivity contribution in [2.45, 2.75) is 0 Å². The van der Waals surface area contributed by atoms with Crippen LogP contribution in [0.3, 0.4) is 0 Å². The van der Waals surface area contributed by atoms with E-state index in [2.05, 4.69) is 0 Å². The van der Waals surface area contributed by atoms with Crippen LogP contribution in [0, 0.1) is 46.5 Å². The van der Waals surface area contributed by atoms with Gasteiger partial charge in [-0.15, -0.1) is 0 Å². The van der Waals surface area contributed by atoms with Crippen LogP contribution in [0.2, 0.25) is 0 Å². The summed E-state index contributed by atoms with van der Waals surface area (Å²) >= 11 is 0. The first-order valence-electron chi connectivity index (χ1n) is 9.64. The van der Waals surface area contributed by atoms with Crippen LogP contribution in [0.15, 0.2) is 72.8 Å². The van der Waals surface area contributed by atoms with Gasteiger partial charge in [0, 0.05) is 0 Å². The third-order valence-electron chi connectivity index (χ3n) is 5.79. The van der Waals surface area contributed by atoms with Gasteiger partial charge in [0.1, 0.15) is 29.4 Å². The van der Waals surface area contributed by atoms with Crippen LogP contribution in [0.1, 0.15) is 0 Å². The van der Waals surface area contributed by atoms with E-state index >= 15 is 17.6 Å². The molecule has 0 aromatic heterocycles. The molecule has 0 amide bonds. The van der Waals surface area contributed by atoms with Crippen molar-refractivity contribution in [2.24, 2.45) is 0 Å². The van der Waals surface area contributed by atoms with Gasteiger partial charge in [-0.05, 0) is 24.3 Å². The zero-order valence-corrected chi connectivity index (χ0v) is 17.5. The smallest absolute Gasteiger partial charge is 0.207 e. The first-order chi connectivity index (χ1) is 15.7. The van der Waals surface area contributed by atoms with E-state index in [4.69, 9.17) is 0 Å². The van der Waals surface area contributed by atoms with Gasteiger partial charge in [-0.3, -0.25) is 0 Å². The molecule has 34 heavy (non-hydrogen) atoms. The van der Waals surface area contributed by atoms with Gasteiger partial charge in [-0.25, -0.2) is 35.1 Å². The van der Waals surface area contributed by atoms with Crippen molar-refractivity contribution in [1.29, 1.82) is 0 Å². The summed E-state index contributed by atoms with van der Waals surface area (Å²) in [7, 11) is 0. The van der Waals surface area contributed by atoms with E-state index in [0.717, 1.165) is 48.5 Å². The third kappa shape index (κ3) is 3.83. The zero-order chi connectivity index (χ0) is 23.9. The Hall–Kier alpha value is -3.02. The van der Waals surface area contributed by atoms with Crippen LogP contribution in [0.25, 0.3) is 0 Å². The minimum atomic E-state index is -3.85. The number of halogens is 8. The summed E-state index contributed by atoms with van der Waals surface area (Å²) in [5.74, 6) is -12.5. The van der Waals surface area contributed by atoms with Crippen molar-refractivity contribution in [3.63, 3.8) is 0 Å². The van der Waals surface area contributed by atoms with E-state index in [1.54, 1.807) is 0 Å². The summed E-state index contributed by atoms with van der Waals surface area (Å²) in [5.41, 5.74) is -3.30. The molecule has 0 nitrogen and oxygen atoms in total. The van der Waals surface area contributed by atoms with Crippen molar-refractivity contribution in [1.82, 2.24) is 0 Å². The Morgan fingerprint density at radius 2 is 0.559 bits per heavy atom. The average Bonchev–Trinajstić information content (AvgIpc) is 2.79. The molecule has 4 aromatic carbocycles. The molecule has 168 valence electrons. The molecular formula is C24H12BF8Li. The predicted molar refractivity (Wildman–Crippen MR) is 110 cm³/mol. The quantitative estimate of drug-likeness (QED) is 0.311. The topological polar surface area (TPSA) is 0 Å². The van der Waals surface area contributed by atoms with Crippen molar-refractivity contribution in [3.8, 4) is 0 Å². The van der Waals surface area contributed by atoms with Crippen LogP contribution in [-0.2, 0) is 0 Å². The Morgan fingerprint density at radius 3 is 0.765 bits per heavy atom. The van der Waals surface area contributed by atoms with Crippen molar-refractivity contribution in [2.75, 3.05) is 0 Å². The Balaban J connectivity index is 0.00000324. The molecule has 0 saturated heterocycles. The molecule has 0 fully saturated rings. The predicted octanol–water partition coefficient (Wildman–Crippen LogP) is 1.18. The molecular weight excluding hydrogens is 458 g/mol. The molecule has 0 radical (unpaired) electrons. The van der Waals surface area contributed by atoms with Crippen LogP contribution in [0.5, 0.6) is 0 Å². The van der Waals surface area contributed by atoms with Gasteiger partial charge in [0.05, 0.1) is 0 Å². The fraction of sp³-hybridized carbons (Fsp3) is 0. The molecule has 0 aliphatic carbocycles. The monoisotopic (exact) mass is 470 g/mol. The Morgan fingerprint density at radius 1 is 0.353 bits per heavy atom. The molecule has 0 N–H and O–H groups in total. The normalized spacial score (nSPS) is 11.3. The summed E-state index contributed by atoms with van der Waals surface area (Å²) in [4.78, 5) is 0. The fourth-order valence-corrected chi connectivity index (χ4v) is 4.42. The number of hydrogen-bond donors (Lipinski definition) is 0. The Kier molecular flexibility index (Phi) is 7.30. The number of rotatable bonds is 4. The summed E-state index contributed by atoms with van der Waals surface area (Å²) in [5, 5.41) is 0. The van der Waals surface area contributed by atoms with E-state index in [9.17, 15) is 17.6 Å². The van der Waals surface area contributed by atoms with Gasteiger partial charge < -0.3 is 0 Å². The van der Waals surface area contributed by atoms with Crippen LogP contribution < -0.4 is 40.7 Å². The minimum absolute atomic E-state index is 0. The van der Waals surface area contributed by atoms with E-state index in [1.165, 1.54) is 0 Å². The first kappa shape index (κ1) is 25.6. The van der Waals surface area contributed by atoms with Gasteiger partial charge in [0.15, 0.2) is 23.3 Å². The number of benzene rings is 4. The van der Waals surface area contributed by atoms with Gasteiger partial charge in [0.25, 0.3) is 0 Å². The fourth-order valence-electron chi connectivity index (χ4n) is 4.42. The summed E-state index contributed by atoms with van der Waals surface area (Å²) in [6.45, 7) is 0. The van der Waals surface area contributed by atoms with Gasteiger partial charge in [0.2, 0.25) is 0 Å². The third-order valence-corrected chi connectivity index (χ3v) is 5.79. The van der Waals surface area contributed by atoms with Crippen molar-refractivity contribution < 1.29 is 54.0 Å². The second-order valence-electron chi connectivity index (χ2n) is 7.44. The van der Waals surface area contributed by atoms with E-state index in [-0.39, 0.29) is 18.9 Å². The van der Waals surface area contributed by atoms with Crippen molar-refractivity contribution >= 4 is 28.0 Å². The Bertz CT molecular complexity index is 1160. The van der Waals surface area contributed by atoms with Crippen molar-refractivity contribution in [3.05, 3.63) is 119 Å². The molecule has 0 bridgehead atoms. The summed E-state index contributed by atoms with van der Waals surface area (Å²) in [6, 6.07) is 10.3. The molecule has 4 aromatic rings. The zero-order valence-electron chi connectivity index (χ0n) is 17.5. The SMILES string of the molecule is Fc1cccc([B-](c2cccc(F)c2F)(c2cccc(F)c2F)c2cccc(F)c2F)c1F.[Li+]. The molecule has 4 rings (SSSR count). The summed E-state index contributed by atoms with van der Waals surface area (Å²) < 4.78 is 118. The maximum atomic E-state index is 15.2. The molecule has 0 aliphatic rings. The molecule has 0 spiro atoms. The molecule has 0 heterocycles. The number of hydrogen-bond acceptors (Lipinski definition) is 0. The van der Waals surface area contributed by atoms with Gasteiger partial charge in [-0.2, -0.15) is 21.9 Å². The maximum absolute atomic E-state index is 15.2. The first-order valence-corrected chi connectivity index (χ1v) is 9.64. The van der Waals surface area contributed by atoms with Crippen LogP contribution in [0.4, 0.5) is 35.1 Å².